The Morgan fingerprint density at radius 2 is 1.79 bits per heavy atom. The monoisotopic (exact) mass is 208 g/mol. The van der Waals surface area contributed by atoms with Crippen molar-refractivity contribution in [2.24, 2.45) is 0 Å². The Labute approximate surface area is 83.8 Å². The summed E-state index contributed by atoms with van der Waals surface area (Å²) in [4.78, 5) is 0. The SMILES string of the molecule is O=S(O)Oc1ccc2ccccc2c1. The number of benzene rings is 2. The molecule has 0 aliphatic rings. The molecule has 0 radical (unpaired) electrons. The minimum atomic E-state index is -2.26. The molecule has 0 bridgehead atoms. The van der Waals surface area contributed by atoms with E-state index in [9.17, 15) is 4.21 Å². The summed E-state index contributed by atoms with van der Waals surface area (Å²) in [5.41, 5.74) is 0. The van der Waals surface area contributed by atoms with Crippen LogP contribution >= 0.6 is 0 Å². The average molecular weight is 208 g/mol. The highest BCUT2D eigenvalue weighted by Crippen LogP contribution is 2.20. The molecular formula is C10H8O3S. The maximum atomic E-state index is 10.4. The van der Waals surface area contributed by atoms with E-state index in [4.69, 9.17) is 4.55 Å². The maximum Gasteiger partial charge on any atom is 0.357 e. The van der Waals surface area contributed by atoms with Gasteiger partial charge in [-0.15, -0.1) is 0 Å². The van der Waals surface area contributed by atoms with E-state index in [0.29, 0.717) is 5.75 Å². The van der Waals surface area contributed by atoms with E-state index in [2.05, 4.69) is 4.18 Å². The quantitative estimate of drug-likeness (QED) is 0.770. The lowest BCUT2D eigenvalue weighted by atomic mass is 10.1. The number of rotatable bonds is 2. The van der Waals surface area contributed by atoms with Gasteiger partial charge in [0.05, 0.1) is 0 Å². The third-order valence-electron chi connectivity index (χ3n) is 1.89. The maximum absolute atomic E-state index is 10.4. The molecule has 1 N–H and O–H groups in total. The van der Waals surface area contributed by atoms with E-state index in [1.54, 1.807) is 12.1 Å². The van der Waals surface area contributed by atoms with Crippen molar-refractivity contribution in [3.63, 3.8) is 0 Å². The highest BCUT2D eigenvalue weighted by Gasteiger charge is 1.99. The first-order valence-electron chi connectivity index (χ1n) is 4.04. The summed E-state index contributed by atoms with van der Waals surface area (Å²) in [6, 6.07) is 13.0. The number of fused-ring (bicyclic) bond motifs is 1. The average Bonchev–Trinajstić information content (AvgIpc) is 2.17. The molecule has 2 rings (SSSR count). The van der Waals surface area contributed by atoms with Crippen molar-refractivity contribution in [2.45, 2.75) is 0 Å². The number of hydrogen-bond acceptors (Lipinski definition) is 2. The zero-order valence-corrected chi connectivity index (χ0v) is 8.03. The van der Waals surface area contributed by atoms with Crippen LogP contribution in [0.2, 0.25) is 0 Å². The van der Waals surface area contributed by atoms with Gasteiger partial charge in [-0.05, 0) is 22.9 Å². The molecule has 14 heavy (non-hydrogen) atoms. The predicted molar refractivity (Wildman–Crippen MR) is 55.3 cm³/mol. The van der Waals surface area contributed by atoms with Crippen molar-refractivity contribution in [3.05, 3.63) is 42.5 Å². The summed E-state index contributed by atoms with van der Waals surface area (Å²) in [7, 11) is 0. The Morgan fingerprint density at radius 1 is 1.07 bits per heavy atom. The summed E-state index contributed by atoms with van der Waals surface area (Å²) in [6.45, 7) is 0. The van der Waals surface area contributed by atoms with E-state index in [1.165, 1.54) is 0 Å². The molecular weight excluding hydrogens is 200 g/mol. The van der Waals surface area contributed by atoms with Crippen molar-refractivity contribution in [3.8, 4) is 5.75 Å². The fourth-order valence-electron chi connectivity index (χ4n) is 1.30. The summed E-state index contributed by atoms with van der Waals surface area (Å²) in [5.74, 6) is 0.393. The Balaban J connectivity index is 2.46. The molecule has 0 amide bonds. The van der Waals surface area contributed by atoms with Gasteiger partial charge in [0.25, 0.3) is 0 Å². The normalized spacial score (nSPS) is 12.6. The summed E-state index contributed by atoms with van der Waals surface area (Å²) in [5, 5.41) is 2.05. The minimum Gasteiger partial charge on any atom is -0.380 e. The van der Waals surface area contributed by atoms with Gasteiger partial charge >= 0.3 is 11.4 Å². The topological polar surface area (TPSA) is 46.5 Å². The van der Waals surface area contributed by atoms with Gasteiger partial charge in [0.2, 0.25) is 0 Å². The van der Waals surface area contributed by atoms with E-state index in [1.807, 2.05) is 30.3 Å². The fraction of sp³-hybridized carbons (Fsp3) is 0. The van der Waals surface area contributed by atoms with Gasteiger partial charge in [0.15, 0.2) is 0 Å². The van der Waals surface area contributed by atoms with E-state index < -0.39 is 11.4 Å². The van der Waals surface area contributed by atoms with Gasteiger partial charge in [0, 0.05) is 0 Å². The van der Waals surface area contributed by atoms with Crippen LogP contribution in [0.25, 0.3) is 10.8 Å². The Hall–Kier alpha value is -1.39. The molecule has 1 atom stereocenters. The molecule has 3 nitrogen and oxygen atoms in total. The van der Waals surface area contributed by atoms with Crippen LogP contribution in [0.15, 0.2) is 42.5 Å². The Bertz CT molecular complexity index is 482. The Morgan fingerprint density at radius 3 is 2.50 bits per heavy atom. The van der Waals surface area contributed by atoms with E-state index >= 15 is 0 Å². The molecule has 0 saturated heterocycles. The molecule has 0 heterocycles. The summed E-state index contributed by atoms with van der Waals surface area (Å²) >= 11 is -2.26. The highest BCUT2D eigenvalue weighted by atomic mass is 32.2. The van der Waals surface area contributed by atoms with Crippen LogP contribution in [0.3, 0.4) is 0 Å². The molecule has 2 aromatic carbocycles. The van der Waals surface area contributed by atoms with Crippen LogP contribution in [0.1, 0.15) is 0 Å². The molecule has 1 unspecified atom stereocenters. The smallest absolute Gasteiger partial charge is 0.357 e. The van der Waals surface area contributed by atoms with Crippen molar-refractivity contribution in [1.29, 1.82) is 0 Å². The lowest BCUT2D eigenvalue weighted by Gasteiger charge is -2.01. The molecule has 4 heteroatoms. The molecule has 0 spiro atoms. The molecule has 72 valence electrons. The van der Waals surface area contributed by atoms with Crippen LogP contribution in [0.5, 0.6) is 5.75 Å². The van der Waals surface area contributed by atoms with Gasteiger partial charge < -0.3 is 4.18 Å². The zero-order chi connectivity index (χ0) is 9.97. The largest absolute Gasteiger partial charge is 0.380 e. The lowest BCUT2D eigenvalue weighted by Crippen LogP contribution is -1.96. The molecule has 0 aliphatic heterocycles. The van der Waals surface area contributed by atoms with Crippen LogP contribution in [0.4, 0.5) is 0 Å². The Kier molecular flexibility index (Phi) is 2.47. The summed E-state index contributed by atoms with van der Waals surface area (Å²) < 4.78 is 23.6. The van der Waals surface area contributed by atoms with Gasteiger partial charge in [-0.1, -0.05) is 30.3 Å². The van der Waals surface area contributed by atoms with Crippen LogP contribution in [0, 0.1) is 0 Å². The van der Waals surface area contributed by atoms with Gasteiger partial charge in [-0.2, -0.15) is 4.21 Å². The van der Waals surface area contributed by atoms with Crippen LogP contribution in [-0.4, -0.2) is 8.76 Å². The van der Waals surface area contributed by atoms with E-state index in [-0.39, 0.29) is 0 Å². The molecule has 0 fully saturated rings. The first kappa shape index (κ1) is 9.18. The first-order valence-corrected chi connectivity index (χ1v) is 5.07. The molecule has 0 aromatic heterocycles. The second-order valence-electron chi connectivity index (χ2n) is 2.81. The molecule has 0 saturated carbocycles. The third kappa shape index (κ3) is 1.92. The lowest BCUT2D eigenvalue weighted by molar-refractivity contribution is 0.458. The second-order valence-corrected chi connectivity index (χ2v) is 3.41. The van der Waals surface area contributed by atoms with Crippen molar-refractivity contribution < 1.29 is 12.9 Å². The van der Waals surface area contributed by atoms with Gasteiger partial charge in [-0.3, -0.25) is 4.55 Å². The van der Waals surface area contributed by atoms with Crippen molar-refractivity contribution >= 4 is 22.1 Å². The van der Waals surface area contributed by atoms with Crippen molar-refractivity contribution in [2.75, 3.05) is 0 Å². The van der Waals surface area contributed by atoms with E-state index in [0.717, 1.165) is 10.8 Å². The van der Waals surface area contributed by atoms with Gasteiger partial charge in [0.1, 0.15) is 5.75 Å². The summed E-state index contributed by atoms with van der Waals surface area (Å²) in [6.07, 6.45) is 0. The zero-order valence-electron chi connectivity index (χ0n) is 7.21. The molecule has 2 aromatic rings. The predicted octanol–water partition coefficient (Wildman–Crippen LogP) is 2.36. The van der Waals surface area contributed by atoms with Crippen LogP contribution in [-0.2, 0) is 11.4 Å². The molecule has 0 aliphatic carbocycles. The minimum absolute atomic E-state index is 0.393. The fourth-order valence-corrected chi connectivity index (χ4v) is 1.57. The van der Waals surface area contributed by atoms with Gasteiger partial charge in [-0.25, -0.2) is 0 Å². The second kappa shape index (κ2) is 3.77. The standard InChI is InChI=1S/C10H8O3S/c11-14(12)13-10-6-5-8-3-1-2-4-9(8)7-10/h1-7H,(H,11,12). The highest BCUT2D eigenvalue weighted by molar-refractivity contribution is 7.74. The van der Waals surface area contributed by atoms with Crippen molar-refractivity contribution in [1.82, 2.24) is 0 Å². The van der Waals surface area contributed by atoms with Crippen LogP contribution < -0.4 is 4.18 Å². The number of hydrogen-bond donors (Lipinski definition) is 1. The third-order valence-corrected chi connectivity index (χ3v) is 2.22. The first-order chi connectivity index (χ1) is 6.75.